The van der Waals surface area contributed by atoms with Gasteiger partial charge in [-0.1, -0.05) is 5.16 Å². The average Bonchev–Trinajstić information content (AvgIpc) is 2.61. The molecule has 4 nitrogen and oxygen atoms in total. The maximum atomic E-state index is 14.1. The van der Waals surface area contributed by atoms with Gasteiger partial charge in [0.25, 0.3) is 0 Å². The number of nitrogens with zero attached hydrogens (tertiary/aromatic N) is 1. The van der Waals surface area contributed by atoms with Crippen molar-refractivity contribution in [3.8, 4) is 11.1 Å². The topological polar surface area (TPSA) is 78.1 Å². The minimum Gasteiger partial charge on any atom is -0.397 e. The Labute approximate surface area is 98.4 Å². The van der Waals surface area contributed by atoms with Gasteiger partial charge >= 0.3 is 0 Å². The van der Waals surface area contributed by atoms with E-state index in [0.29, 0.717) is 22.6 Å². The lowest BCUT2D eigenvalue weighted by atomic mass is 9.99. The van der Waals surface area contributed by atoms with Gasteiger partial charge in [0, 0.05) is 5.56 Å². The lowest BCUT2D eigenvalue weighted by Gasteiger charge is -2.10. The predicted molar refractivity (Wildman–Crippen MR) is 64.9 cm³/mol. The van der Waals surface area contributed by atoms with Crippen LogP contribution in [-0.4, -0.2) is 5.16 Å². The van der Waals surface area contributed by atoms with Crippen LogP contribution in [-0.2, 0) is 0 Å². The molecule has 1 aromatic heterocycles. The Hall–Kier alpha value is -2.04. The van der Waals surface area contributed by atoms with Crippen LogP contribution >= 0.6 is 0 Å². The SMILES string of the molecule is Cc1cc(-c2c(C)noc2C)c(F)c(N)c1N. The predicted octanol–water partition coefficient (Wildman–Crippen LogP) is 2.57. The Bertz CT molecular complexity index is 570. The van der Waals surface area contributed by atoms with Crippen molar-refractivity contribution in [3.05, 3.63) is 28.9 Å². The van der Waals surface area contributed by atoms with Crippen LogP contribution in [0.5, 0.6) is 0 Å². The van der Waals surface area contributed by atoms with Gasteiger partial charge in [0.2, 0.25) is 0 Å². The van der Waals surface area contributed by atoms with Crippen LogP contribution in [0.3, 0.4) is 0 Å². The maximum absolute atomic E-state index is 14.1. The van der Waals surface area contributed by atoms with Gasteiger partial charge in [0.05, 0.1) is 22.6 Å². The molecule has 2 rings (SSSR count). The molecule has 0 bridgehead atoms. The average molecular weight is 235 g/mol. The molecule has 0 radical (unpaired) electrons. The molecule has 5 heteroatoms. The van der Waals surface area contributed by atoms with Gasteiger partial charge in [-0.25, -0.2) is 4.39 Å². The molecule has 0 saturated carbocycles. The summed E-state index contributed by atoms with van der Waals surface area (Å²) in [4.78, 5) is 0. The normalized spacial score (nSPS) is 10.8. The van der Waals surface area contributed by atoms with E-state index in [1.54, 1.807) is 26.8 Å². The van der Waals surface area contributed by atoms with Crippen LogP contribution in [0.4, 0.5) is 15.8 Å². The highest BCUT2D eigenvalue weighted by atomic mass is 19.1. The second-order valence-corrected chi connectivity index (χ2v) is 4.08. The molecular weight excluding hydrogens is 221 g/mol. The summed E-state index contributed by atoms with van der Waals surface area (Å²) in [6.07, 6.45) is 0. The fourth-order valence-corrected chi connectivity index (χ4v) is 1.88. The first-order valence-corrected chi connectivity index (χ1v) is 5.20. The fourth-order valence-electron chi connectivity index (χ4n) is 1.88. The van der Waals surface area contributed by atoms with E-state index in [2.05, 4.69) is 5.16 Å². The first-order chi connectivity index (χ1) is 7.93. The molecule has 0 fully saturated rings. The zero-order valence-corrected chi connectivity index (χ0v) is 9.97. The number of nitrogens with two attached hydrogens (primary N) is 2. The van der Waals surface area contributed by atoms with Gasteiger partial charge in [-0.15, -0.1) is 0 Å². The van der Waals surface area contributed by atoms with Gasteiger partial charge in [0.1, 0.15) is 5.76 Å². The van der Waals surface area contributed by atoms with Crippen LogP contribution in [0.15, 0.2) is 10.6 Å². The fraction of sp³-hybridized carbons (Fsp3) is 0.250. The van der Waals surface area contributed by atoms with Gasteiger partial charge in [-0.2, -0.15) is 0 Å². The van der Waals surface area contributed by atoms with Crippen LogP contribution in [0.2, 0.25) is 0 Å². The molecule has 2 aromatic rings. The molecule has 0 aliphatic rings. The first kappa shape index (κ1) is 11.4. The summed E-state index contributed by atoms with van der Waals surface area (Å²) in [7, 11) is 0. The van der Waals surface area contributed by atoms with Crippen molar-refractivity contribution in [3.63, 3.8) is 0 Å². The summed E-state index contributed by atoms with van der Waals surface area (Å²) >= 11 is 0. The molecule has 0 atom stereocenters. The van der Waals surface area contributed by atoms with E-state index in [0.717, 1.165) is 5.56 Å². The number of halogens is 1. The van der Waals surface area contributed by atoms with Gasteiger partial charge in [-0.3, -0.25) is 0 Å². The molecule has 0 amide bonds. The number of hydrogen-bond acceptors (Lipinski definition) is 4. The third kappa shape index (κ3) is 1.63. The quantitative estimate of drug-likeness (QED) is 0.744. The third-order valence-corrected chi connectivity index (χ3v) is 2.85. The minimum absolute atomic E-state index is 0.0278. The van der Waals surface area contributed by atoms with Crippen molar-refractivity contribution >= 4 is 11.4 Å². The van der Waals surface area contributed by atoms with Gasteiger partial charge in [0.15, 0.2) is 5.82 Å². The highest BCUT2D eigenvalue weighted by Crippen LogP contribution is 2.35. The number of benzene rings is 1. The zero-order valence-electron chi connectivity index (χ0n) is 9.97. The van der Waals surface area contributed by atoms with E-state index in [9.17, 15) is 4.39 Å². The molecular formula is C12H14FN3O. The Morgan fingerprint density at radius 1 is 1.18 bits per heavy atom. The summed E-state index contributed by atoms with van der Waals surface area (Å²) in [6, 6.07) is 1.66. The Morgan fingerprint density at radius 2 is 1.82 bits per heavy atom. The number of aromatic nitrogens is 1. The van der Waals surface area contributed by atoms with Crippen molar-refractivity contribution in [2.45, 2.75) is 20.8 Å². The summed E-state index contributed by atoms with van der Waals surface area (Å²) in [6.45, 7) is 5.27. The van der Waals surface area contributed by atoms with Gasteiger partial charge < -0.3 is 16.0 Å². The van der Waals surface area contributed by atoms with Crippen LogP contribution < -0.4 is 11.5 Å². The number of nitrogen functional groups attached to an aromatic ring is 2. The summed E-state index contributed by atoms with van der Waals surface area (Å²) < 4.78 is 19.1. The molecule has 0 aliphatic carbocycles. The lowest BCUT2D eigenvalue weighted by molar-refractivity contribution is 0.393. The van der Waals surface area contributed by atoms with E-state index >= 15 is 0 Å². The second kappa shape index (κ2) is 3.76. The highest BCUT2D eigenvalue weighted by Gasteiger charge is 2.19. The lowest BCUT2D eigenvalue weighted by Crippen LogP contribution is -2.03. The number of rotatable bonds is 1. The largest absolute Gasteiger partial charge is 0.397 e. The maximum Gasteiger partial charge on any atom is 0.156 e. The van der Waals surface area contributed by atoms with Crippen molar-refractivity contribution in [2.24, 2.45) is 0 Å². The molecule has 0 unspecified atom stereocenters. The smallest absolute Gasteiger partial charge is 0.156 e. The van der Waals surface area contributed by atoms with E-state index < -0.39 is 5.82 Å². The zero-order chi connectivity index (χ0) is 12.7. The summed E-state index contributed by atoms with van der Waals surface area (Å²) in [5.74, 6) is 0.0347. The van der Waals surface area contributed by atoms with E-state index in [1.807, 2.05) is 0 Å². The molecule has 0 spiro atoms. The van der Waals surface area contributed by atoms with Crippen LogP contribution in [0.25, 0.3) is 11.1 Å². The number of hydrogen-bond donors (Lipinski definition) is 2. The molecule has 17 heavy (non-hydrogen) atoms. The van der Waals surface area contributed by atoms with E-state index in [4.69, 9.17) is 16.0 Å². The molecule has 1 heterocycles. The number of anilines is 2. The van der Waals surface area contributed by atoms with Gasteiger partial charge in [-0.05, 0) is 32.4 Å². The third-order valence-electron chi connectivity index (χ3n) is 2.85. The second-order valence-electron chi connectivity index (χ2n) is 4.08. The molecule has 4 N–H and O–H groups in total. The Kier molecular flexibility index (Phi) is 2.53. The van der Waals surface area contributed by atoms with Crippen molar-refractivity contribution in [1.29, 1.82) is 0 Å². The van der Waals surface area contributed by atoms with Crippen molar-refractivity contribution in [2.75, 3.05) is 11.5 Å². The monoisotopic (exact) mass is 235 g/mol. The van der Waals surface area contributed by atoms with E-state index in [-0.39, 0.29) is 11.4 Å². The Balaban J connectivity index is 2.77. The Morgan fingerprint density at radius 3 is 2.35 bits per heavy atom. The summed E-state index contributed by atoms with van der Waals surface area (Å²) in [5.41, 5.74) is 13.9. The number of aryl methyl sites for hydroxylation is 3. The minimum atomic E-state index is -0.525. The van der Waals surface area contributed by atoms with Crippen molar-refractivity contribution in [1.82, 2.24) is 5.16 Å². The molecule has 0 aliphatic heterocycles. The summed E-state index contributed by atoms with van der Waals surface area (Å²) in [5, 5.41) is 3.80. The van der Waals surface area contributed by atoms with Crippen LogP contribution in [0, 0.1) is 26.6 Å². The highest BCUT2D eigenvalue weighted by molar-refractivity contribution is 5.79. The molecule has 1 aromatic carbocycles. The van der Waals surface area contributed by atoms with Crippen molar-refractivity contribution < 1.29 is 8.91 Å². The van der Waals surface area contributed by atoms with Crippen LogP contribution in [0.1, 0.15) is 17.0 Å². The molecule has 0 saturated heterocycles. The standard InChI is InChI=1S/C12H14FN3O/c1-5-4-8(10(13)12(15)11(5)14)9-6(2)16-17-7(9)3/h4H,14-15H2,1-3H3. The molecule has 90 valence electrons. The first-order valence-electron chi connectivity index (χ1n) is 5.20. The van der Waals surface area contributed by atoms with E-state index in [1.165, 1.54) is 0 Å².